The summed E-state index contributed by atoms with van der Waals surface area (Å²) in [6, 6.07) is 14.2. The second-order valence-electron chi connectivity index (χ2n) is 7.34. The number of methoxy groups -OCH3 is 1. The molecule has 1 aromatic heterocycles. The van der Waals surface area contributed by atoms with E-state index < -0.39 is 0 Å². The summed E-state index contributed by atoms with van der Waals surface area (Å²) < 4.78 is 7.11. The van der Waals surface area contributed by atoms with Gasteiger partial charge in [0.05, 0.1) is 24.6 Å². The van der Waals surface area contributed by atoms with Crippen LogP contribution in [-0.2, 0) is 11.3 Å². The van der Waals surface area contributed by atoms with Crippen LogP contribution in [0.25, 0.3) is 0 Å². The molecule has 0 bridgehead atoms. The Hall–Kier alpha value is -3.59. The highest BCUT2D eigenvalue weighted by Crippen LogP contribution is 2.25. The van der Waals surface area contributed by atoms with E-state index in [-0.39, 0.29) is 23.6 Å². The molecule has 0 aliphatic heterocycles. The fourth-order valence-electron chi connectivity index (χ4n) is 3.14. The molecule has 0 radical (unpaired) electrons. The van der Waals surface area contributed by atoms with Gasteiger partial charge in [0, 0.05) is 12.1 Å². The summed E-state index contributed by atoms with van der Waals surface area (Å²) in [4.78, 5) is 25.1. The summed E-state index contributed by atoms with van der Waals surface area (Å²) >= 11 is 1.26. The smallest absolute Gasteiger partial charge is 0.251 e. The molecule has 0 aliphatic rings. The van der Waals surface area contributed by atoms with Crippen molar-refractivity contribution in [3.8, 4) is 5.75 Å². The lowest BCUT2D eigenvalue weighted by molar-refractivity contribution is -0.113. The second-order valence-corrected chi connectivity index (χ2v) is 8.28. The van der Waals surface area contributed by atoms with Gasteiger partial charge < -0.3 is 19.9 Å². The minimum absolute atomic E-state index is 0.136. The Morgan fingerprint density at radius 1 is 1.18 bits per heavy atom. The molecule has 33 heavy (non-hydrogen) atoms. The summed E-state index contributed by atoms with van der Waals surface area (Å²) in [7, 11) is 1.55. The molecule has 2 amide bonds. The molecule has 0 saturated heterocycles. The van der Waals surface area contributed by atoms with E-state index >= 15 is 0 Å². The lowest BCUT2D eigenvalue weighted by Gasteiger charge is -2.15. The third-order valence-corrected chi connectivity index (χ3v) is 5.79. The average molecular weight is 466 g/mol. The van der Waals surface area contributed by atoms with Crippen molar-refractivity contribution in [3.63, 3.8) is 0 Å². The fraction of sp³-hybridized carbons (Fsp3) is 0.250. The van der Waals surface area contributed by atoms with E-state index in [2.05, 4.69) is 27.4 Å². The number of carbonyl (C=O) groups is 2. The van der Waals surface area contributed by atoms with Crippen LogP contribution in [0.5, 0.6) is 5.75 Å². The van der Waals surface area contributed by atoms with Crippen molar-refractivity contribution in [2.75, 3.05) is 18.2 Å². The van der Waals surface area contributed by atoms with Crippen LogP contribution in [0, 0.1) is 6.92 Å². The lowest BCUT2D eigenvalue weighted by Crippen LogP contribution is -2.28. The van der Waals surface area contributed by atoms with Crippen LogP contribution >= 0.6 is 11.8 Å². The number of carbonyl (C=O) groups excluding carboxylic acids is 2. The maximum atomic E-state index is 12.6. The van der Waals surface area contributed by atoms with Gasteiger partial charge in [-0.25, -0.2) is 0 Å². The summed E-state index contributed by atoms with van der Waals surface area (Å²) in [5, 5.41) is 14.9. The average Bonchev–Trinajstić information content (AvgIpc) is 3.21. The monoisotopic (exact) mass is 465 g/mol. The summed E-state index contributed by atoms with van der Waals surface area (Å²) in [6.07, 6.45) is 1.72. The van der Waals surface area contributed by atoms with E-state index in [9.17, 15) is 9.59 Å². The number of aromatic nitrogens is 3. The lowest BCUT2D eigenvalue weighted by atomic mass is 10.1. The normalized spacial score (nSPS) is 11.5. The van der Waals surface area contributed by atoms with Crippen LogP contribution in [0.2, 0.25) is 0 Å². The van der Waals surface area contributed by atoms with Gasteiger partial charge in [0.1, 0.15) is 5.75 Å². The fourth-order valence-corrected chi connectivity index (χ4v) is 3.90. The van der Waals surface area contributed by atoms with Gasteiger partial charge in [0.15, 0.2) is 11.0 Å². The molecule has 8 nitrogen and oxygen atoms in total. The largest absolute Gasteiger partial charge is 0.495 e. The number of anilines is 1. The molecule has 1 atom stereocenters. The molecule has 0 fully saturated rings. The highest BCUT2D eigenvalue weighted by molar-refractivity contribution is 7.99. The van der Waals surface area contributed by atoms with Crippen molar-refractivity contribution < 1.29 is 14.3 Å². The highest BCUT2D eigenvalue weighted by Gasteiger charge is 2.20. The zero-order chi connectivity index (χ0) is 23.8. The van der Waals surface area contributed by atoms with Crippen molar-refractivity contribution in [3.05, 3.63) is 78.1 Å². The first-order chi connectivity index (χ1) is 15.9. The predicted molar refractivity (Wildman–Crippen MR) is 130 cm³/mol. The van der Waals surface area contributed by atoms with Gasteiger partial charge in [-0.3, -0.25) is 9.59 Å². The van der Waals surface area contributed by atoms with E-state index in [1.807, 2.05) is 42.7 Å². The van der Waals surface area contributed by atoms with Crippen molar-refractivity contribution in [2.45, 2.75) is 31.6 Å². The van der Waals surface area contributed by atoms with Gasteiger partial charge in [-0.05, 0) is 38.1 Å². The van der Waals surface area contributed by atoms with Gasteiger partial charge in [-0.15, -0.1) is 16.8 Å². The molecule has 0 aliphatic carbocycles. The molecular formula is C24H27N5O3S. The van der Waals surface area contributed by atoms with E-state index in [1.165, 1.54) is 11.8 Å². The summed E-state index contributed by atoms with van der Waals surface area (Å²) in [6.45, 7) is 8.06. The number of aryl methyl sites for hydroxylation is 1. The third kappa shape index (κ3) is 6.23. The van der Waals surface area contributed by atoms with Gasteiger partial charge >= 0.3 is 0 Å². The maximum Gasteiger partial charge on any atom is 0.251 e. The van der Waals surface area contributed by atoms with E-state index in [1.54, 1.807) is 37.5 Å². The number of nitrogens with one attached hydrogen (secondary N) is 2. The Kier molecular flexibility index (Phi) is 8.26. The van der Waals surface area contributed by atoms with Crippen molar-refractivity contribution in [2.24, 2.45) is 0 Å². The molecule has 0 spiro atoms. The zero-order valence-electron chi connectivity index (χ0n) is 18.9. The molecule has 3 aromatic rings. The predicted octanol–water partition coefficient (Wildman–Crippen LogP) is 4.00. The number of nitrogens with zero attached hydrogens (tertiary/aromatic N) is 3. The van der Waals surface area contributed by atoms with Crippen LogP contribution < -0.4 is 15.4 Å². The molecule has 0 unspecified atom stereocenters. The van der Waals surface area contributed by atoms with Crippen molar-refractivity contribution in [1.29, 1.82) is 0 Å². The second kappa shape index (κ2) is 11.3. The molecule has 1 heterocycles. The molecule has 3 rings (SSSR count). The topological polar surface area (TPSA) is 98.1 Å². The number of hydrogen-bond acceptors (Lipinski definition) is 6. The molecule has 2 N–H and O–H groups in total. The van der Waals surface area contributed by atoms with E-state index in [0.717, 1.165) is 5.56 Å². The van der Waals surface area contributed by atoms with Crippen LogP contribution in [-0.4, -0.2) is 39.4 Å². The maximum absolute atomic E-state index is 12.6. The Labute approximate surface area is 197 Å². The Bertz CT molecular complexity index is 1130. The Morgan fingerprint density at radius 2 is 1.91 bits per heavy atom. The quantitative estimate of drug-likeness (QED) is 0.347. The van der Waals surface area contributed by atoms with Crippen molar-refractivity contribution >= 4 is 29.3 Å². The number of ether oxygens (including phenoxy) is 1. The van der Waals surface area contributed by atoms with E-state index in [0.29, 0.717) is 34.5 Å². The van der Waals surface area contributed by atoms with Gasteiger partial charge in [0.25, 0.3) is 5.91 Å². The standard InChI is InChI=1S/C24H27N5O3S/c1-5-14-29-22(17(3)25-23(31)18-12-10-16(2)11-13-18)27-28-24(29)33-15-21(30)26-19-8-6-7-9-20(19)32-4/h5-13,17H,1,14-15H2,2-4H3,(H,25,31)(H,26,30)/t17-/m1/s1. The van der Waals surface area contributed by atoms with Crippen LogP contribution in [0.1, 0.15) is 34.7 Å². The minimum atomic E-state index is -0.386. The number of hydrogen-bond donors (Lipinski definition) is 2. The first kappa shape index (κ1) is 24.1. The summed E-state index contributed by atoms with van der Waals surface area (Å²) in [5.41, 5.74) is 2.26. The Balaban J connectivity index is 1.67. The molecule has 2 aromatic carbocycles. The number of benzene rings is 2. The van der Waals surface area contributed by atoms with Gasteiger partial charge in [0.2, 0.25) is 5.91 Å². The van der Waals surface area contributed by atoms with Crippen LogP contribution in [0.15, 0.2) is 66.3 Å². The molecule has 0 saturated carbocycles. The number of thioether (sulfide) groups is 1. The van der Waals surface area contributed by atoms with E-state index in [4.69, 9.17) is 4.74 Å². The number of para-hydroxylation sites is 2. The minimum Gasteiger partial charge on any atom is -0.495 e. The number of rotatable bonds is 10. The molecule has 9 heteroatoms. The van der Waals surface area contributed by atoms with Gasteiger partial charge in [-0.1, -0.05) is 47.7 Å². The zero-order valence-corrected chi connectivity index (χ0v) is 19.7. The number of amides is 2. The first-order valence-corrected chi connectivity index (χ1v) is 11.4. The Morgan fingerprint density at radius 3 is 2.61 bits per heavy atom. The van der Waals surface area contributed by atoms with Crippen molar-refractivity contribution in [1.82, 2.24) is 20.1 Å². The SMILES string of the molecule is C=CCn1c(SCC(=O)Nc2ccccc2OC)nnc1[C@@H](C)NC(=O)c1ccc(C)cc1. The summed E-state index contributed by atoms with van der Waals surface area (Å²) in [5.74, 6) is 0.923. The highest BCUT2D eigenvalue weighted by atomic mass is 32.2. The van der Waals surface area contributed by atoms with Crippen LogP contribution in [0.3, 0.4) is 0 Å². The first-order valence-electron chi connectivity index (χ1n) is 10.4. The molecular weight excluding hydrogens is 438 g/mol. The van der Waals surface area contributed by atoms with Gasteiger partial charge in [-0.2, -0.15) is 0 Å². The number of allylic oxidation sites excluding steroid dienone is 1. The third-order valence-electron chi connectivity index (χ3n) is 4.82. The molecule has 172 valence electrons. The van der Waals surface area contributed by atoms with Crippen LogP contribution in [0.4, 0.5) is 5.69 Å².